The van der Waals surface area contributed by atoms with Crippen LogP contribution in [0.25, 0.3) is 5.69 Å². The van der Waals surface area contributed by atoms with Crippen molar-refractivity contribution in [2.24, 2.45) is 0 Å². The van der Waals surface area contributed by atoms with E-state index >= 15 is 0 Å². The van der Waals surface area contributed by atoms with Crippen LogP contribution in [0.3, 0.4) is 0 Å². The lowest BCUT2D eigenvalue weighted by atomic mass is 10.1. The number of hydrogen-bond acceptors (Lipinski definition) is 9. The SMILES string of the molecule is CCSc1nnc(NC(=O)CSc2nnc(CNC(=O)c3cccc(C)c3)n2-c2cccc(C)c2)s1. The molecule has 9 nitrogen and oxygen atoms in total. The molecule has 0 fully saturated rings. The van der Waals surface area contributed by atoms with E-state index in [1.165, 1.54) is 23.1 Å². The van der Waals surface area contributed by atoms with Gasteiger partial charge in [-0.05, 0) is 49.4 Å². The Morgan fingerprint density at radius 2 is 1.75 bits per heavy atom. The number of aryl methyl sites for hydroxylation is 2. The quantitative estimate of drug-likeness (QED) is 0.224. The number of carbonyl (C=O) groups excluding carboxylic acids is 2. The molecule has 2 aromatic heterocycles. The van der Waals surface area contributed by atoms with Gasteiger partial charge in [0.2, 0.25) is 11.0 Å². The fourth-order valence-corrected chi connectivity index (χ4v) is 5.75. The molecule has 0 saturated carbocycles. The largest absolute Gasteiger partial charge is 0.345 e. The molecule has 0 unspecified atom stereocenters. The zero-order chi connectivity index (χ0) is 25.5. The molecule has 0 atom stereocenters. The van der Waals surface area contributed by atoms with E-state index in [1.807, 2.05) is 67.8 Å². The van der Waals surface area contributed by atoms with E-state index in [2.05, 4.69) is 31.0 Å². The summed E-state index contributed by atoms with van der Waals surface area (Å²) in [6.45, 7) is 6.16. The molecule has 0 radical (unpaired) electrons. The first kappa shape index (κ1) is 25.9. The first-order valence-corrected chi connectivity index (χ1v) is 14.0. The van der Waals surface area contributed by atoms with Gasteiger partial charge in [0, 0.05) is 11.3 Å². The Balaban J connectivity index is 1.48. The number of benzene rings is 2. The van der Waals surface area contributed by atoms with Gasteiger partial charge in [-0.15, -0.1) is 20.4 Å². The first-order chi connectivity index (χ1) is 17.4. The Kier molecular flexibility index (Phi) is 8.73. The Hall–Kier alpha value is -3.22. The van der Waals surface area contributed by atoms with Crippen LogP contribution >= 0.6 is 34.9 Å². The van der Waals surface area contributed by atoms with Crippen LogP contribution in [0.1, 0.15) is 34.2 Å². The predicted octanol–water partition coefficient (Wildman–Crippen LogP) is 4.51. The van der Waals surface area contributed by atoms with Crippen LogP contribution in [0.5, 0.6) is 0 Å². The van der Waals surface area contributed by atoms with Crippen molar-refractivity contribution < 1.29 is 9.59 Å². The number of nitrogens with one attached hydrogen (secondary N) is 2. The summed E-state index contributed by atoms with van der Waals surface area (Å²) in [6.07, 6.45) is 0. The van der Waals surface area contributed by atoms with Gasteiger partial charge < -0.3 is 5.32 Å². The van der Waals surface area contributed by atoms with Crippen LogP contribution in [-0.4, -0.2) is 48.3 Å². The second-order valence-electron chi connectivity index (χ2n) is 7.77. The Morgan fingerprint density at radius 1 is 0.972 bits per heavy atom. The maximum atomic E-state index is 12.7. The van der Waals surface area contributed by atoms with E-state index in [9.17, 15) is 9.59 Å². The predicted molar refractivity (Wildman–Crippen MR) is 144 cm³/mol. The lowest BCUT2D eigenvalue weighted by molar-refractivity contribution is -0.113. The standard InChI is InChI=1S/C24H25N7O2S3/c1-4-34-24-30-28-22(36-24)26-20(32)14-35-23-29-27-19(31(23)18-10-6-8-16(3)12-18)13-25-21(33)17-9-5-7-15(2)11-17/h5-12H,4,13-14H2,1-3H3,(H,25,33)(H,26,28,32). The van der Waals surface area contributed by atoms with E-state index in [4.69, 9.17) is 0 Å². The molecule has 2 heterocycles. The molecule has 0 spiro atoms. The molecule has 2 N–H and O–H groups in total. The fourth-order valence-electron chi connectivity index (χ4n) is 3.31. The highest BCUT2D eigenvalue weighted by Crippen LogP contribution is 2.26. The Bertz CT molecular complexity index is 1370. The van der Waals surface area contributed by atoms with Crippen molar-refractivity contribution in [2.45, 2.75) is 36.8 Å². The lowest BCUT2D eigenvalue weighted by Gasteiger charge is -2.12. The fraction of sp³-hybridized carbons (Fsp3) is 0.250. The van der Waals surface area contributed by atoms with Crippen molar-refractivity contribution >= 4 is 51.8 Å². The third-order valence-corrected chi connectivity index (χ3v) is 7.68. The first-order valence-electron chi connectivity index (χ1n) is 11.2. The summed E-state index contributed by atoms with van der Waals surface area (Å²) in [6, 6.07) is 15.3. The second kappa shape index (κ2) is 12.2. The molecule has 2 aromatic carbocycles. The van der Waals surface area contributed by atoms with E-state index in [-0.39, 0.29) is 24.1 Å². The number of thioether (sulfide) groups is 2. The maximum absolute atomic E-state index is 12.7. The summed E-state index contributed by atoms with van der Waals surface area (Å²) < 4.78 is 2.68. The number of hydrogen-bond donors (Lipinski definition) is 2. The molecular formula is C24H25N7O2S3. The van der Waals surface area contributed by atoms with Gasteiger partial charge >= 0.3 is 0 Å². The molecule has 186 valence electrons. The molecule has 2 amide bonds. The number of nitrogens with zero attached hydrogens (tertiary/aromatic N) is 5. The molecule has 0 aliphatic carbocycles. The van der Waals surface area contributed by atoms with Crippen molar-refractivity contribution in [1.29, 1.82) is 0 Å². The van der Waals surface area contributed by atoms with E-state index in [0.717, 1.165) is 26.9 Å². The van der Waals surface area contributed by atoms with Crippen molar-refractivity contribution in [3.05, 3.63) is 71.0 Å². The van der Waals surface area contributed by atoms with E-state index < -0.39 is 0 Å². The van der Waals surface area contributed by atoms with Gasteiger partial charge in [0.25, 0.3) is 5.91 Å². The number of carbonyl (C=O) groups is 2. The smallest absolute Gasteiger partial charge is 0.251 e. The average Bonchev–Trinajstić information content (AvgIpc) is 3.48. The van der Waals surface area contributed by atoms with Crippen LogP contribution in [0, 0.1) is 13.8 Å². The topological polar surface area (TPSA) is 115 Å². The van der Waals surface area contributed by atoms with Gasteiger partial charge in [0.1, 0.15) is 0 Å². The van der Waals surface area contributed by atoms with Gasteiger partial charge in [-0.25, -0.2) is 0 Å². The van der Waals surface area contributed by atoms with E-state index in [1.54, 1.807) is 17.8 Å². The van der Waals surface area contributed by atoms with Gasteiger partial charge in [-0.1, -0.05) is 71.6 Å². The van der Waals surface area contributed by atoms with Crippen LogP contribution < -0.4 is 10.6 Å². The highest BCUT2D eigenvalue weighted by molar-refractivity contribution is 8.01. The van der Waals surface area contributed by atoms with Crippen LogP contribution in [0.15, 0.2) is 58.0 Å². The highest BCUT2D eigenvalue weighted by Gasteiger charge is 2.18. The van der Waals surface area contributed by atoms with Gasteiger partial charge in [0.05, 0.1) is 12.3 Å². The van der Waals surface area contributed by atoms with E-state index in [0.29, 0.717) is 21.7 Å². The molecule has 0 aliphatic rings. The van der Waals surface area contributed by atoms with Crippen LogP contribution in [0.2, 0.25) is 0 Å². The minimum absolute atomic E-state index is 0.120. The zero-order valence-corrected chi connectivity index (χ0v) is 22.5. The van der Waals surface area contributed by atoms with Crippen molar-refractivity contribution in [3.63, 3.8) is 0 Å². The van der Waals surface area contributed by atoms with Crippen molar-refractivity contribution in [2.75, 3.05) is 16.8 Å². The third kappa shape index (κ3) is 6.71. The highest BCUT2D eigenvalue weighted by atomic mass is 32.2. The number of anilines is 1. The molecule has 0 bridgehead atoms. The zero-order valence-electron chi connectivity index (χ0n) is 20.0. The average molecular weight is 540 g/mol. The molecule has 0 aliphatic heterocycles. The van der Waals surface area contributed by atoms with Crippen LogP contribution in [0.4, 0.5) is 5.13 Å². The molecule has 12 heteroatoms. The van der Waals surface area contributed by atoms with Gasteiger partial charge in [-0.2, -0.15) is 0 Å². The summed E-state index contributed by atoms with van der Waals surface area (Å²) in [5.41, 5.74) is 3.52. The maximum Gasteiger partial charge on any atom is 0.251 e. The summed E-state index contributed by atoms with van der Waals surface area (Å²) in [5.74, 6) is 1.17. The van der Waals surface area contributed by atoms with Crippen LogP contribution in [-0.2, 0) is 11.3 Å². The molecule has 4 rings (SSSR count). The summed E-state index contributed by atoms with van der Waals surface area (Å²) >= 11 is 4.19. The van der Waals surface area contributed by atoms with Crippen molar-refractivity contribution in [1.82, 2.24) is 30.3 Å². The van der Waals surface area contributed by atoms with Crippen molar-refractivity contribution in [3.8, 4) is 5.69 Å². The minimum atomic E-state index is -0.211. The van der Waals surface area contributed by atoms with Gasteiger partial charge in [0.15, 0.2) is 15.3 Å². The third-order valence-electron chi connectivity index (χ3n) is 4.90. The Morgan fingerprint density at radius 3 is 2.50 bits per heavy atom. The minimum Gasteiger partial charge on any atom is -0.345 e. The summed E-state index contributed by atoms with van der Waals surface area (Å²) in [5, 5.41) is 23.4. The normalized spacial score (nSPS) is 10.9. The van der Waals surface area contributed by atoms with Gasteiger partial charge in [-0.3, -0.25) is 19.5 Å². The monoisotopic (exact) mass is 539 g/mol. The molecular weight excluding hydrogens is 515 g/mol. The molecule has 4 aromatic rings. The molecule has 36 heavy (non-hydrogen) atoms. The summed E-state index contributed by atoms with van der Waals surface area (Å²) in [7, 11) is 0. The molecule has 0 saturated heterocycles. The Labute approximate surface area is 221 Å². The number of rotatable bonds is 10. The summed E-state index contributed by atoms with van der Waals surface area (Å²) in [4.78, 5) is 25.2. The second-order valence-corrected chi connectivity index (χ2v) is 11.2. The number of aromatic nitrogens is 5. The number of amides is 2. The lowest BCUT2D eigenvalue weighted by Crippen LogP contribution is -2.24.